The number of rotatable bonds is 2. The third-order valence-electron chi connectivity index (χ3n) is 2.33. The first kappa shape index (κ1) is 8.70. The molecule has 13 heavy (non-hydrogen) atoms. The lowest BCUT2D eigenvalue weighted by atomic mass is 9.96. The van der Waals surface area contributed by atoms with Crippen LogP contribution in [0, 0.1) is 0 Å². The van der Waals surface area contributed by atoms with Crippen molar-refractivity contribution in [3.05, 3.63) is 23.2 Å². The minimum Gasteiger partial charge on any atom is -0.487 e. The number of anilines is 1. The predicted octanol–water partition coefficient (Wildman–Crippen LogP) is 2.85. The van der Waals surface area contributed by atoms with Crippen LogP contribution in [0.5, 0.6) is 5.75 Å². The SMILES string of the molecule is Nc1cccc(Cl)c1OC1CCC1. The molecule has 2 rings (SSSR count). The molecule has 1 fully saturated rings. The Labute approximate surface area is 82.6 Å². The predicted molar refractivity (Wildman–Crippen MR) is 54.1 cm³/mol. The van der Waals surface area contributed by atoms with Crippen LogP contribution in [0.3, 0.4) is 0 Å². The van der Waals surface area contributed by atoms with Crippen LogP contribution in [0.4, 0.5) is 5.69 Å². The number of ether oxygens (including phenoxy) is 1. The van der Waals surface area contributed by atoms with Crippen LogP contribution in [-0.4, -0.2) is 6.10 Å². The van der Waals surface area contributed by atoms with Gasteiger partial charge in [-0.25, -0.2) is 0 Å². The average molecular weight is 198 g/mol. The summed E-state index contributed by atoms with van der Waals surface area (Å²) in [7, 11) is 0. The van der Waals surface area contributed by atoms with Crippen LogP contribution in [0.1, 0.15) is 19.3 Å². The molecular weight excluding hydrogens is 186 g/mol. The van der Waals surface area contributed by atoms with Crippen LogP contribution >= 0.6 is 11.6 Å². The topological polar surface area (TPSA) is 35.2 Å². The van der Waals surface area contributed by atoms with E-state index in [9.17, 15) is 0 Å². The van der Waals surface area contributed by atoms with E-state index >= 15 is 0 Å². The van der Waals surface area contributed by atoms with Crippen molar-refractivity contribution in [3.8, 4) is 5.75 Å². The van der Waals surface area contributed by atoms with Crippen molar-refractivity contribution in [2.24, 2.45) is 0 Å². The first-order valence-corrected chi connectivity index (χ1v) is 4.86. The van der Waals surface area contributed by atoms with Gasteiger partial charge in [-0.05, 0) is 31.4 Å². The van der Waals surface area contributed by atoms with E-state index in [-0.39, 0.29) is 0 Å². The van der Waals surface area contributed by atoms with E-state index in [2.05, 4.69) is 0 Å². The Hall–Kier alpha value is -0.890. The molecule has 0 spiro atoms. The summed E-state index contributed by atoms with van der Waals surface area (Å²) >= 11 is 5.95. The fourth-order valence-electron chi connectivity index (χ4n) is 1.31. The van der Waals surface area contributed by atoms with Gasteiger partial charge in [-0.2, -0.15) is 0 Å². The minimum atomic E-state index is 0.321. The van der Waals surface area contributed by atoms with Crippen molar-refractivity contribution in [2.45, 2.75) is 25.4 Å². The van der Waals surface area contributed by atoms with E-state index in [1.807, 2.05) is 6.07 Å². The monoisotopic (exact) mass is 197 g/mol. The fraction of sp³-hybridized carbons (Fsp3) is 0.400. The van der Waals surface area contributed by atoms with Gasteiger partial charge in [0.15, 0.2) is 5.75 Å². The number of hydrogen-bond acceptors (Lipinski definition) is 2. The molecule has 0 amide bonds. The number of halogens is 1. The average Bonchev–Trinajstić information content (AvgIpc) is 2.00. The highest BCUT2D eigenvalue weighted by molar-refractivity contribution is 6.32. The zero-order valence-electron chi connectivity index (χ0n) is 7.29. The molecule has 0 saturated heterocycles. The molecule has 0 radical (unpaired) electrons. The van der Waals surface area contributed by atoms with E-state index in [0.717, 1.165) is 12.8 Å². The van der Waals surface area contributed by atoms with Crippen molar-refractivity contribution in [1.82, 2.24) is 0 Å². The molecule has 3 heteroatoms. The number of nitrogens with two attached hydrogens (primary N) is 1. The standard InChI is InChI=1S/C10H12ClNO/c11-8-5-2-6-9(12)10(8)13-7-3-1-4-7/h2,5-7H,1,3-4,12H2. The lowest BCUT2D eigenvalue weighted by Gasteiger charge is -2.27. The summed E-state index contributed by atoms with van der Waals surface area (Å²) in [5.41, 5.74) is 6.36. The van der Waals surface area contributed by atoms with E-state index in [1.54, 1.807) is 12.1 Å². The van der Waals surface area contributed by atoms with Gasteiger partial charge in [-0.3, -0.25) is 0 Å². The smallest absolute Gasteiger partial charge is 0.161 e. The maximum atomic E-state index is 5.95. The third-order valence-corrected chi connectivity index (χ3v) is 2.63. The first-order chi connectivity index (χ1) is 6.27. The molecule has 2 nitrogen and oxygen atoms in total. The molecule has 1 aliphatic carbocycles. The largest absolute Gasteiger partial charge is 0.487 e. The summed E-state index contributed by atoms with van der Waals surface area (Å²) in [5.74, 6) is 0.647. The highest BCUT2D eigenvalue weighted by atomic mass is 35.5. The van der Waals surface area contributed by atoms with Crippen LogP contribution < -0.4 is 10.5 Å². The Bertz CT molecular complexity index is 290. The summed E-state index contributed by atoms with van der Waals surface area (Å²) < 4.78 is 5.65. The molecule has 0 bridgehead atoms. The first-order valence-electron chi connectivity index (χ1n) is 4.48. The normalized spacial score (nSPS) is 16.7. The Morgan fingerprint density at radius 3 is 2.69 bits per heavy atom. The van der Waals surface area contributed by atoms with Gasteiger partial charge in [0.25, 0.3) is 0 Å². The highest BCUT2D eigenvalue weighted by Gasteiger charge is 2.20. The van der Waals surface area contributed by atoms with Gasteiger partial charge >= 0.3 is 0 Å². The molecule has 2 N–H and O–H groups in total. The number of para-hydroxylation sites is 1. The Balaban J connectivity index is 2.17. The molecule has 1 saturated carbocycles. The second-order valence-corrected chi connectivity index (χ2v) is 3.74. The molecule has 0 aromatic heterocycles. The zero-order valence-corrected chi connectivity index (χ0v) is 8.05. The summed E-state index contributed by atoms with van der Waals surface area (Å²) in [6.07, 6.45) is 3.80. The van der Waals surface area contributed by atoms with Crippen molar-refractivity contribution < 1.29 is 4.74 Å². The minimum absolute atomic E-state index is 0.321. The molecule has 1 aromatic carbocycles. The highest BCUT2D eigenvalue weighted by Crippen LogP contribution is 2.34. The van der Waals surface area contributed by atoms with E-state index in [0.29, 0.717) is 22.6 Å². The molecule has 0 unspecified atom stereocenters. The van der Waals surface area contributed by atoms with Crippen LogP contribution in [0.2, 0.25) is 5.02 Å². The van der Waals surface area contributed by atoms with Gasteiger partial charge in [0.2, 0.25) is 0 Å². The molecule has 0 aliphatic heterocycles. The molecule has 0 heterocycles. The second kappa shape index (κ2) is 3.46. The van der Waals surface area contributed by atoms with Crippen LogP contribution in [-0.2, 0) is 0 Å². The van der Waals surface area contributed by atoms with Gasteiger partial charge in [0.05, 0.1) is 16.8 Å². The Morgan fingerprint density at radius 1 is 1.38 bits per heavy atom. The van der Waals surface area contributed by atoms with E-state index in [4.69, 9.17) is 22.1 Å². The van der Waals surface area contributed by atoms with Gasteiger partial charge in [0.1, 0.15) is 0 Å². The van der Waals surface area contributed by atoms with Gasteiger partial charge in [-0.15, -0.1) is 0 Å². The maximum Gasteiger partial charge on any atom is 0.161 e. The summed E-state index contributed by atoms with van der Waals surface area (Å²) in [5, 5.41) is 0.604. The van der Waals surface area contributed by atoms with E-state index < -0.39 is 0 Å². The summed E-state index contributed by atoms with van der Waals surface area (Å²) in [6.45, 7) is 0. The molecule has 1 aliphatic rings. The molecule has 0 atom stereocenters. The zero-order chi connectivity index (χ0) is 9.26. The van der Waals surface area contributed by atoms with Gasteiger partial charge in [0, 0.05) is 0 Å². The Morgan fingerprint density at radius 2 is 2.15 bits per heavy atom. The fourth-order valence-corrected chi connectivity index (χ4v) is 1.53. The van der Waals surface area contributed by atoms with Crippen LogP contribution in [0.25, 0.3) is 0 Å². The Kier molecular flexibility index (Phi) is 2.32. The lowest BCUT2D eigenvalue weighted by Crippen LogP contribution is -2.25. The van der Waals surface area contributed by atoms with Gasteiger partial charge < -0.3 is 10.5 Å². The summed E-state index contributed by atoms with van der Waals surface area (Å²) in [4.78, 5) is 0. The summed E-state index contributed by atoms with van der Waals surface area (Å²) in [6, 6.07) is 5.43. The quantitative estimate of drug-likeness (QED) is 0.740. The second-order valence-electron chi connectivity index (χ2n) is 3.33. The van der Waals surface area contributed by atoms with Gasteiger partial charge in [-0.1, -0.05) is 17.7 Å². The lowest BCUT2D eigenvalue weighted by molar-refractivity contribution is 0.121. The number of nitrogen functional groups attached to an aromatic ring is 1. The number of benzene rings is 1. The third kappa shape index (κ3) is 1.73. The maximum absolute atomic E-state index is 5.95. The molecule has 70 valence electrons. The van der Waals surface area contributed by atoms with E-state index in [1.165, 1.54) is 6.42 Å². The van der Waals surface area contributed by atoms with Crippen LogP contribution in [0.15, 0.2) is 18.2 Å². The number of hydrogen-bond donors (Lipinski definition) is 1. The van der Waals surface area contributed by atoms with Crippen molar-refractivity contribution in [3.63, 3.8) is 0 Å². The molecule has 1 aromatic rings. The van der Waals surface area contributed by atoms with Crippen molar-refractivity contribution in [1.29, 1.82) is 0 Å². The van der Waals surface area contributed by atoms with Crippen molar-refractivity contribution >= 4 is 17.3 Å². The van der Waals surface area contributed by atoms with Crippen molar-refractivity contribution in [2.75, 3.05) is 5.73 Å². The molecular formula is C10H12ClNO.